The van der Waals surface area contributed by atoms with Gasteiger partial charge in [-0.15, -0.1) is 0 Å². The minimum absolute atomic E-state index is 0.0641. The first kappa shape index (κ1) is 9.83. The molecule has 0 spiro atoms. The molecule has 2 aromatic rings. The largest absolute Gasteiger partial charge is 0.319 e. The zero-order valence-electron chi connectivity index (χ0n) is 8.60. The number of benzene rings is 1. The number of hydrogen-bond acceptors (Lipinski definition) is 2. The van der Waals surface area contributed by atoms with Crippen molar-refractivity contribution in [3.05, 3.63) is 39.3 Å². The summed E-state index contributed by atoms with van der Waals surface area (Å²) in [5, 5.41) is 0. The van der Waals surface area contributed by atoms with Gasteiger partial charge < -0.3 is 4.98 Å². The van der Waals surface area contributed by atoms with Crippen LogP contribution < -0.4 is 5.56 Å². The number of aromatic nitrogens is 2. The first-order valence-electron chi connectivity index (χ1n) is 4.68. The summed E-state index contributed by atoms with van der Waals surface area (Å²) < 4.78 is 12.4. The van der Waals surface area contributed by atoms with E-state index >= 15 is 0 Å². The highest BCUT2D eigenvalue weighted by Crippen LogP contribution is 2.14. The molecule has 4 heteroatoms. The van der Waals surface area contributed by atoms with Crippen molar-refractivity contribution < 1.29 is 4.39 Å². The summed E-state index contributed by atoms with van der Waals surface area (Å²) >= 11 is 0. The SMILES string of the molecule is Cc1cc2nc(CF)c(=O)[nH]c2cc1C. The highest BCUT2D eigenvalue weighted by Gasteiger charge is 2.05. The number of alkyl halides is 1. The van der Waals surface area contributed by atoms with E-state index < -0.39 is 12.2 Å². The predicted octanol–water partition coefficient (Wildman–Crippen LogP) is 2.01. The average Bonchev–Trinajstić information content (AvgIpc) is 2.20. The molecule has 0 saturated heterocycles. The summed E-state index contributed by atoms with van der Waals surface area (Å²) in [5.74, 6) is 0. The van der Waals surface area contributed by atoms with E-state index in [1.54, 1.807) is 0 Å². The van der Waals surface area contributed by atoms with Crippen LogP contribution in [0.3, 0.4) is 0 Å². The molecule has 0 fully saturated rings. The lowest BCUT2D eigenvalue weighted by molar-refractivity contribution is 0.473. The van der Waals surface area contributed by atoms with E-state index in [-0.39, 0.29) is 5.69 Å². The number of halogens is 1. The summed E-state index contributed by atoms with van der Waals surface area (Å²) in [4.78, 5) is 17.9. The predicted molar refractivity (Wildman–Crippen MR) is 56.6 cm³/mol. The molecule has 15 heavy (non-hydrogen) atoms. The summed E-state index contributed by atoms with van der Waals surface area (Å²) in [7, 11) is 0. The molecular weight excluding hydrogens is 195 g/mol. The van der Waals surface area contributed by atoms with Crippen molar-refractivity contribution in [3.8, 4) is 0 Å². The fourth-order valence-electron chi connectivity index (χ4n) is 1.47. The van der Waals surface area contributed by atoms with Crippen molar-refractivity contribution in [1.82, 2.24) is 9.97 Å². The fourth-order valence-corrected chi connectivity index (χ4v) is 1.47. The number of rotatable bonds is 1. The van der Waals surface area contributed by atoms with Gasteiger partial charge in [0.25, 0.3) is 5.56 Å². The Kier molecular flexibility index (Phi) is 2.26. The number of aromatic amines is 1. The monoisotopic (exact) mass is 206 g/mol. The van der Waals surface area contributed by atoms with Gasteiger partial charge >= 0.3 is 0 Å². The number of fused-ring (bicyclic) bond motifs is 1. The molecule has 0 amide bonds. The fraction of sp³-hybridized carbons (Fsp3) is 0.273. The third-order valence-electron chi connectivity index (χ3n) is 2.50. The van der Waals surface area contributed by atoms with Crippen molar-refractivity contribution in [2.75, 3.05) is 0 Å². The highest BCUT2D eigenvalue weighted by atomic mass is 19.1. The van der Waals surface area contributed by atoms with Crippen molar-refractivity contribution in [3.63, 3.8) is 0 Å². The van der Waals surface area contributed by atoms with Gasteiger partial charge in [0, 0.05) is 0 Å². The summed E-state index contributed by atoms with van der Waals surface area (Å²) in [6.07, 6.45) is 0. The molecule has 1 heterocycles. The second kappa shape index (κ2) is 3.46. The van der Waals surface area contributed by atoms with Gasteiger partial charge in [0.05, 0.1) is 11.0 Å². The number of aryl methyl sites for hydroxylation is 2. The van der Waals surface area contributed by atoms with E-state index in [1.807, 2.05) is 26.0 Å². The molecule has 1 aromatic heterocycles. The number of hydrogen-bond donors (Lipinski definition) is 1. The average molecular weight is 206 g/mol. The molecule has 1 N–H and O–H groups in total. The Morgan fingerprint density at radius 1 is 1.33 bits per heavy atom. The van der Waals surface area contributed by atoms with Crippen molar-refractivity contribution >= 4 is 11.0 Å². The van der Waals surface area contributed by atoms with Gasteiger partial charge in [-0.05, 0) is 37.1 Å². The van der Waals surface area contributed by atoms with Crippen LogP contribution in [0.15, 0.2) is 16.9 Å². The number of nitrogens with zero attached hydrogens (tertiary/aromatic N) is 1. The Hall–Kier alpha value is -1.71. The molecule has 1 aromatic carbocycles. The van der Waals surface area contributed by atoms with E-state index in [0.29, 0.717) is 11.0 Å². The van der Waals surface area contributed by atoms with Gasteiger partial charge in [-0.1, -0.05) is 0 Å². The van der Waals surface area contributed by atoms with E-state index in [2.05, 4.69) is 9.97 Å². The lowest BCUT2D eigenvalue weighted by Gasteiger charge is -2.03. The van der Waals surface area contributed by atoms with Crippen molar-refractivity contribution in [2.45, 2.75) is 20.5 Å². The minimum Gasteiger partial charge on any atom is -0.319 e. The second-order valence-corrected chi connectivity index (χ2v) is 3.60. The molecule has 0 saturated carbocycles. The molecule has 2 rings (SSSR count). The molecular formula is C11H11FN2O. The maximum atomic E-state index is 12.4. The van der Waals surface area contributed by atoms with Crippen LogP contribution in [0.4, 0.5) is 4.39 Å². The van der Waals surface area contributed by atoms with E-state index in [4.69, 9.17) is 0 Å². The summed E-state index contributed by atoms with van der Waals surface area (Å²) in [6.45, 7) is 3.07. The van der Waals surface area contributed by atoms with Gasteiger partial charge in [-0.2, -0.15) is 0 Å². The topological polar surface area (TPSA) is 45.8 Å². The molecule has 0 radical (unpaired) electrons. The van der Waals surface area contributed by atoms with Gasteiger partial charge in [0.15, 0.2) is 0 Å². The van der Waals surface area contributed by atoms with Crippen molar-refractivity contribution in [1.29, 1.82) is 0 Å². The van der Waals surface area contributed by atoms with Crippen LogP contribution in [0.1, 0.15) is 16.8 Å². The number of H-pyrrole nitrogens is 1. The normalized spacial score (nSPS) is 10.9. The Morgan fingerprint density at radius 2 is 2.00 bits per heavy atom. The molecule has 0 unspecified atom stereocenters. The van der Waals surface area contributed by atoms with Gasteiger partial charge in [0.2, 0.25) is 0 Å². The van der Waals surface area contributed by atoms with E-state index in [0.717, 1.165) is 11.1 Å². The standard InChI is InChI=1S/C11H11FN2O/c1-6-3-8-9(4-7(6)2)14-11(15)10(5-12)13-8/h3-4H,5H2,1-2H3,(H,14,15). The molecule has 78 valence electrons. The first-order valence-corrected chi connectivity index (χ1v) is 4.68. The maximum absolute atomic E-state index is 12.4. The van der Waals surface area contributed by atoms with Crippen LogP contribution in [0.2, 0.25) is 0 Å². The van der Waals surface area contributed by atoms with E-state index in [9.17, 15) is 9.18 Å². The second-order valence-electron chi connectivity index (χ2n) is 3.60. The van der Waals surface area contributed by atoms with Crippen LogP contribution in [-0.4, -0.2) is 9.97 Å². The lowest BCUT2D eigenvalue weighted by Crippen LogP contribution is -2.14. The molecule has 0 aliphatic carbocycles. The smallest absolute Gasteiger partial charge is 0.272 e. The molecule has 3 nitrogen and oxygen atoms in total. The van der Waals surface area contributed by atoms with Gasteiger partial charge in [-0.25, -0.2) is 9.37 Å². The number of nitrogens with one attached hydrogen (secondary N) is 1. The molecule has 0 atom stereocenters. The third-order valence-corrected chi connectivity index (χ3v) is 2.50. The summed E-state index contributed by atoms with van der Waals surface area (Å²) in [6, 6.07) is 3.70. The van der Waals surface area contributed by atoms with Gasteiger partial charge in [-0.3, -0.25) is 4.79 Å². The van der Waals surface area contributed by atoms with E-state index in [1.165, 1.54) is 0 Å². The van der Waals surface area contributed by atoms with Gasteiger partial charge in [0.1, 0.15) is 12.4 Å². The minimum atomic E-state index is -0.835. The van der Waals surface area contributed by atoms with Crippen LogP contribution >= 0.6 is 0 Å². The third kappa shape index (κ3) is 1.63. The Morgan fingerprint density at radius 3 is 2.67 bits per heavy atom. The Labute approximate surface area is 86.0 Å². The lowest BCUT2D eigenvalue weighted by atomic mass is 10.1. The van der Waals surface area contributed by atoms with Crippen LogP contribution in [0.25, 0.3) is 11.0 Å². The quantitative estimate of drug-likeness (QED) is 0.775. The van der Waals surface area contributed by atoms with Crippen LogP contribution in [-0.2, 0) is 6.67 Å². The maximum Gasteiger partial charge on any atom is 0.272 e. The zero-order chi connectivity index (χ0) is 11.0. The van der Waals surface area contributed by atoms with Crippen LogP contribution in [0, 0.1) is 13.8 Å². The van der Waals surface area contributed by atoms with Crippen molar-refractivity contribution in [2.24, 2.45) is 0 Å². The first-order chi connectivity index (χ1) is 7.11. The Bertz CT molecular complexity index is 575. The zero-order valence-corrected chi connectivity index (χ0v) is 8.60. The molecule has 0 aliphatic rings. The molecule has 0 aliphatic heterocycles. The molecule has 0 bridgehead atoms. The summed E-state index contributed by atoms with van der Waals surface area (Å²) in [5.41, 5.74) is 2.92. The Balaban J connectivity index is 2.82. The van der Waals surface area contributed by atoms with Crippen LogP contribution in [0.5, 0.6) is 0 Å². The highest BCUT2D eigenvalue weighted by molar-refractivity contribution is 5.76.